The fourth-order valence-corrected chi connectivity index (χ4v) is 2.02. The van der Waals surface area contributed by atoms with Crippen molar-refractivity contribution in [2.24, 2.45) is 0 Å². The molecule has 0 bridgehead atoms. The lowest BCUT2D eigenvalue weighted by Gasteiger charge is -2.06. The second kappa shape index (κ2) is 14.4. The van der Waals surface area contributed by atoms with Crippen LogP contribution in [-0.2, 0) is 9.59 Å². The molecule has 0 atom stereocenters. The number of nitrogens with one attached hydrogen (secondary N) is 2. The molecule has 4 nitrogen and oxygen atoms in total. The maximum Gasteiger partial charge on any atom is 0.309 e. The van der Waals surface area contributed by atoms with E-state index in [4.69, 9.17) is 0 Å². The van der Waals surface area contributed by atoms with Crippen LogP contribution in [0.5, 0.6) is 0 Å². The zero-order valence-electron chi connectivity index (χ0n) is 13.3. The predicted octanol–water partition coefficient (Wildman–Crippen LogP) is 3.16. The highest BCUT2D eigenvalue weighted by Gasteiger charge is 2.11. The highest BCUT2D eigenvalue weighted by Crippen LogP contribution is 2.01. The summed E-state index contributed by atoms with van der Waals surface area (Å²) in [5.41, 5.74) is 0. The van der Waals surface area contributed by atoms with Gasteiger partial charge in [0.2, 0.25) is 0 Å². The van der Waals surface area contributed by atoms with Crippen LogP contribution in [0.15, 0.2) is 0 Å². The van der Waals surface area contributed by atoms with E-state index in [2.05, 4.69) is 24.5 Å². The summed E-state index contributed by atoms with van der Waals surface area (Å²) in [5, 5.41) is 5.34. The van der Waals surface area contributed by atoms with Crippen LogP contribution in [0.3, 0.4) is 0 Å². The maximum absolute atomic E-state index is 11.5. The standard InChI is InChI=1S/C16H32N2O2/c1-3-5-7-9-11-13-17-15(19)16(20)18-14-12-10-8-6-4-2/h3-14H2,1-2H3,(H,17,19)(H,18,20). The van der Waals surface area contributed by atoms with Gasteiger partial charge in [-0.3, -0.25) is 9.59 Å². The molecule has 0 aromatic carbocycles. The number of hydrogen-bond donors (Lipinski definition) is 2. The van der Waals surface area contributed by atoms with Crippen LogP contribution < -0.4 is 10.6 Å². The topological polar surface area (TPSA) is 58.2 Å². The number of carbonyl (C=O) groups excluding carboxylic acids is 2. The Hall–Kier alpha value is -1.06. The van der Waals surface area contributed by atoms with Gasteiger partial charge in [-0.25, -0.2) is 0 Å². The Labute approximate surface area is 124 Å². The van der Waals surface area contributed by atoms with E-state index in [0.29, 0.717) is 13.1 Å². The minimum atomic E-state index is -0.492. The molecular formula is C16H32N2O2. The van der Waals surface area contributed by atoms with Crippen molar-refractivity contribution in [2.75, 3.05) is 13.1 Å². The third-order valence-electron chi connectivity index (χ3n) is 3.34. The molecule has 0 spiro atoms. The van der Waals surface area contributed by atoms with E-state index in [1.807, 2.05) is 0 Å². The molecular weight excluding hydrogens is 252 g/mol. The first-order valence-electron chi connectivity index (χ1n) is 8.28. The Kier molecular flexibility index (Phi) is 13.6. The molecule has 0 aliphatic rings. The van der Waals surface area contributed by atoms with Crippen LogP contribution in [0.1, 0.15) is 78.1 Å². The summed E-state index contributed by atoms with van der Waals surface area (Å²) in [6.45, 7) is 5.56. The van der Waals surface area contributed by atoms with E-state index in [1.165, 1.54) is 38.5 Å². The van der Waals surface area contributed by atoms with E-state index in [0.717, 1.165) is 25.7 Å². The molecule has 20 heavy (non-hydrogen) atoms. The van der Waals surface area contributed by atoms with Gasteiger partial charge < -0.3 is 10.6 Å². The fraction of sp³-hybridized carbons (Fsp3) is 0.875. The molecule has 0 rings (SSSR count). The van der Waals surface area contributed by atoms with Gasteiger partial charge in [0.05, 0.1) is 0 Å². The number of rotatable bonds is 12. The number of unbranched alkanes of at least 4 members (excludes halogenated alkanes) is 8. The predicted molar refractivity (Wildman–Crippen MR) is 83.5 cm³/mol. The lowest BCUT2D eigenvalue weighted by Crippen LogP contribution is -2.40. The van der Waals surface area contributed by atoms with Crippen molar-refractivity contribution in [3.05, 3.63) is 0 Å². The lowest BCUT2D eigenvalue weighted by atomic mass is 10.1. The molecule has 0 radical (unpaired) electrons. The monoisotopic (exact) mass is 284 g/mol. The molecule has 0 heterocycles. The molecule has 0 unspecified atom stereocenters. The normalized spacial score (nSPS) is 10.3. The van der Waals surface area contributed by atoms with Crippen molar-refractivity contribution in [3.8, 4) is 0 Å². The highest BCUT2D eigenvalue weighted by molar-refractivity contribution is 6.35. The van der Waals surface area contributed by atoms with Crippen molar-refractivity contribution in [1.29, 1.82) is 0 Å². The van der Waals surface area contributed by atoms with Crippen LogP contribution in [0.25, 0.3) is 0 Å². The largest absolute Gasteiger partial charge is 0.348 e. The minimum absolute atomic E-state index is 0.492. The van der Waals surface area contributed by atoms with Gasteiger partial charge in [-0.05, 0) is 12.8 Å². The Morgan fingerprint density at radius 2 is 0.950 bits per heavy atom. The van der Waals surface area contributed by atoms with E-state index >= 15 is 0 Å². The number of hydrogen-bond acceptors (Lipinski definition) is 2. The summed E-state index contributed by atoms with van der Waals surface area (Å²) in [6, 6.07) is 0. The zero-order chi connectivity index (χ0) is 15.1. The number of carbonyl (C=O) groups is 2. The van der Waals surface area contributed by atoms with Crippen molar-refractivity contribution in [1.82, 2.24) is 10.6 Å². The average molecular weight is 284 g/mol. The van der Waals surface area contributed by atoms with Crippen molar-refractivity contribution >= 4 is 11.8 Å². The summed E-state index contributed by atoms with van der Waals surface area (Å²) in [5.74, 6) is -0.983. The first kappa shape index (κ1) is 18.9. The molecule has 118 valence electrons. The van der Waals surface area contributed by atoms with E-state index < -0.39 is 11.8 Å². The summed E-state index contributed by atoms with van der Waals surface area (Å²) in [4.78, 5) is 22.9. The van der Waals surface area contributed by atoms with E-state index in [-0.39, 0.29) is 0 Å². The molecule has 0 saturated carbocycles. The zero-order valence-corrected chi connectivity index (χ0v) is 13.3. The Morgan fingerprint density at radius 1 is 0.600 bits per heavy atom. The van der Waals surface area contributed by atoms with Crippen LogP contribution in [-0.4, -0.2) is 24.9 Å². The first-order chi connectivity index (χ1) is 9.72. The van der Waals surface area contributed by atoms with Gasteiger partial charge in [0.15, 0.2) is 0 Å². The maximum atomic E-state index is 11.5. The molecule has 2 N–H and O–H groups in total. The first-order valence-corrected chi connectivity index (χ1v) is 8.28. The molecule has 0 fully saturated rings. The van der Waals surface area contributed by atoms with Crippen molar-refractivity contribution in [2.45, 2.75) is 78.1 Å². The van der Waals surface area contributed by atoms with Crippen LogP contribution in [0.4, 0.5) is 0 Å². The fourth-order valence-electron chi connectivity index (χ4n) is 2.02. The average Bonchev–Trinajstić information content (AvgIpc) is 2.45. The third-order valence-corrected chi connectivity index (χ3v) is 3.34. The molecule has 0 aromatic heterocycles. The van der Waals surface area contributed by atoms with Gasteiger partial charge in [0.1, 0.15) is 0 Å². The van der Waals surface area contributed by atoms with Crippen molar-refractivity contribution < 1.29 is 9.59 Å². The third kappa shape index (κ3) is 12.0. The van der Waals surface area contributed by atoms with Crippen LogP contribution in [0, 0.1) is 0 Å². The summed E-state index contributed by atoms with van der Waals surface area (Å²) >= 11 is 0. The Morgan fingerprint density at radius 3 is 1.30 bits per heavy atom. The quantitative estimate of drug-likeness (QED) is 0.427. The smallest absolute Gasteiger partial charge is 0.309 e. The number of amides is 2. The lowest BCUT2D eigenvalue weighted by molar-refractivity contribution is -0.139. The van der Waals surface area contributed by atoms with Crippen LogP contribution in [0.2, 0.25) is 0 Å². The van der Waals surface area contributed by atoms with Gasteiger partial charge in [0, 0.05) is 13.1 Å². The van der Waals surface area contributed by atoms with Gasteiger partial charge >= 0.3 is 11.8 Å². The second-order valence-corrected chi connectivity index (χ2v) is 5.34. The molecule has 0 aromatic rings. The second-order valence-electron chi connectivity index (χ2n) is 5.34. The van der Waals surface area contributed by atoms with E-state index in [9.17, 15) is 9.59 Å². The summed E-state index contributed by atoms with van der Waals surface area (Å²) < 4.78 is 0. The van der Waals surface area contributed by atoms with Crippen LogP contribution >= 0.6 is 0 Å². The SMILES string of the molecule is CCCCCCCNC(=O)C(=O)NCCCCCCC. The minimum Gasteiger partial charge on any atom is -0.348 e. The Bertz CT molecular complexity index is 229. The van der Waals surface area contributed by atoms with Gasteiger partial charge in [0.25, 0.3) is 0 Å². The van der Waals surface area contributed by atoms with Gasteiger partial charge in [-0.1, -0.05) is 65.2 Å². The van der Waals surface area contributed by atoms with Gasteiger partial charge in [-0.15, -0.1) is 0 Å². The Balaban J connectivity index is 3.40. The van der Waals surface area contributed by atoms with Gasteiger partial charge in [-0.2, -0.15) is 0 Å². The molecule has 2 amide bonds. The molecule has 0 aliphatic heterocycles. The molecule has 0 aliphatic carbocycles. The molecule has 0 saturated heterocycles. The van der Waals surface area contributed by atoms with Crippen molar-refractivity contribution in [3.63, 3.8) is 0 Å². The highest BCUT2D eigenvalue weighted by atomic mass is 16.2. The summed E-state index contributed by atoms with van der Waals surface area (Å²) in [7, 11) is 0. The van der Waals surface area contributed by atoms with E-state index in [1.54, 1.807) is 0 Å². The molecule has 4 heteroatoms. The summed E-state index contributed by atoms with van der Waals surface area (Å²) in [6.07, 6.45) is 11.5.